The predicted octanol–water partition coefficient (Wildman–Crippen LogP) is 4.51. The Hall–Kier alpha value is -3.11. The number of ether oxygens (including phenoxy) is 1. The van der Waals surface area contributed by atoms with Gasteiger partial charge in [0.2, 0.25) is 5.75 Å². The molecule has 10 heteroatoms. The van der Waals surface area contributed by atoms with Crippen LogP contribution in [0.2, 0.25) is 0 Å². The Labute approximate surface area is 222 Å². The van der Waals surface area contributed by atoms with Gasteiger partial charge in [-0.25, -0.2) is 9.97 Å². The predicted molar refractivity (Wildman–Crippen MR) is 146 cm³/mol. The maximum Gasteiger partial charge on any atom is 0.205 e. The number of aromatic nitrogens is 4. The van der Waals surface area contributed by atoms with Gasteiger partial charge in [0.25, 0.3) is 0 Å². The first-order valence-electron chi connectivity index (χ1n) is 13.2. The summed E-state index contributed by atoms with van der Waals surface area (Å²) in [7, 11) is 0. The van der Waals surface area contributed by atoms with Gasteiger partial charge in [-0.1, -0.05) is 25.0 Å². The third kappa shape index (κ3) is 6.42. The van der Waals surface area contributed by atoms with Crippen molar-refractivity contribution in [2.24, 2.45) is 5.92 Å². The zero-order valence-corrected chi connectivity index (χ0v) is 22.4. The number of carbonyl (C=O) groups is 1. The van der Waals surface area contributed by atoms with E-state index in [1.807, 2.05) is 32.0 Å². The number of aromatic amines is 1. The molecule has 2 aliphatic rings. The average Bonchev–Trinajstić information content (AvgIpc) is 3.59. The summed E-state index contributed by atoms with van der Waals surface area (Å²) in [6, 6.07) is 10.1. The van der Waals surface area contributed by atoms with Crippen LogP contribution >= 0.6 is 11.8 Å². The number of rotatable bonds is 10. The Morgan fingerprint density at radius 2 is 1.92 bits per heavy atom. The second-order valence-corrected chi connectivity index (χ2v) is 10.6. The van der Waals surface area contributed by atoms with Crippen molar-refractivity contribution in [3.05, 3.63) is 41.6 Å². The van der Waals surface area contributed by atoms with Gasteiger partial charge in [0.05, 0.1) is 6.61 Å². The molecule has 1 aromatic carbocycles. The quantitative estimate of drug-likeness (QED) is 0.332. The van der Waals surface area contributed by atoms with Crippen LogP contribution < -0.4 is 20.3 Å². The Morgan fingerprint density at radius 3 is 2.59 bits per heavy atom. The summed E-state index contributed by atoms with van der Waals surface area (Å²) in [5.41, 5.74) is 2.02. The molecule has 0 bridgehead atoms. The van der Waals surface area contributed by atoms with Crippen molar-refractivity contribution in [1.82, 2.24) is 25.5 Å². The van der Waals surface area contributed by atoms with Gasteiger partial charge < -0.3 is 20.3 Å². The molecule has 0 atom stereocenters. The Kier molecular flexibility index (Phi) is 8.25. The SMILES string of the molecule is CCOc1c(Nc2cc(C)[nH]n2)nc(Sc2ccc(CC(=O)C3CCCC3)cc2)nc1N1CCNCC1. The average molecular weight is 522 g/mol. The molecule has 3 heterocycles. The molecular formula is C27H35N7O2S. The molecule has 1 aliphatic heterocycles. The van der Waals surface area contributed by atoms with Gasteiger partial charge in [-0.2, -0.15) is 5.10 Å². The van der Waals surface area contributed by atoms with E-state index in [1.165, 1.54) is 24.6 Å². The molecule has 196 valence electrons. The molecule has 0 amide bonds. The number of ketones is 1. The summed E-state index contributed by atoms with van der Waals surface area (Å²) in [5, 5.41) is 14.6. The Balaban J connectivity index is 1.40. The first-order chi connectivity index (χ1) is 18.1. The van der Waals surface area contributed by atoms with Crippen LogP contribution in [0.5, 0.6) is 5.75 Å². The molecule has 5 rings (SSSR count). The fourth-order valence-corrected chi connectivity index (χ4v) is 5.65. The number of anilines is 3. The third-order valence-electron chi connectivity index (χ3n) is 6.81. The number of carbonyl (C=O) groups excluding carboxylic acids is 1. The maximum atomic E-state index is 12.6. The van der Waals surface area contributed by atoms with Crippen LogP contribution in [-0.2, 0) is 11.2 Å². The zero-order chi connectivity index (χ0) is 25.6. The van der Waals surface area contributed by atoms with Gasteiger partial charge in [0, 0.05) is 55.2 Å². The van der Waals surface area contributed by atoms with Crippen molar-refractivity contribution >= 4 is 35.0 Å². The van der Waals surface area contributed by atoms with E-state index in [0.717, 1.165) is 61.0 Å². The summed E-state index contributed by atoms with van der Waals surface area (Å²) in [4.78, 5) is 25.6. The molecule has 2 fully saturated rings. The molecular weight excluding hydrogens is 486 g/mol. The van der Waals surface area contributed by atoms with Crippen molar-refractivity contribution in [1.29, 1.82) is 0 Å². The minimum Gasteiger partial charge on any atom is -0.487 e. The minimum absolute atomic E-state index is 0.249. The van der Waals surface area contributed by atoms with Crippen LogP contribution in [0.25, 0.3) is 0 Å². The molecule has 3 aromatic rings. The molecule has 0 spiro atoms. The highest BCUT2D eigenvalue weighted by atomic mass is 32.2. The van der Waals surface area contributed by atoms with E-state index in [1.54, 1.807) is 0 Å². The molecule has 1 aliphatic carbocycles. The molecule has 3 N–H and O–H groups in total. The molecule has 2 aromatic heterocycles. The van der Waals surface area contributed by atoms with Crippen LogP contribution in [0.15, 0.2) is 40.4 Å². The van der Waals surface area contributed by atoms with Gasteiger partial charge in [-0.05, 0) is 56.1 Å². The van der Waals surface area contributed by atoms with E-state index < -0.39 is 0 Å². The number of H-pyrrole nitrogens is 1. The number of nitrogens with one attached hydrogen (secondary N) is 3. The monoisotopic (exact) mass is 521 g/mol. The fraction of sp³-hybridized carbons (Fsp3) is 0.481. The highest BCUT2D eigenvalue weighted by molar-refractivity contribution is 7.99. The lowest BCUT2D eigenvalue weighted by atomic mass is 9.97. The molecule has 9 nitrogen and oxygen atoms in total. The smallest absolute Gasteiger partial charge is 0.205 e. The minimum atomic E-state index is 0.249. The van der Waals surface area contributed by atoms with Crippen molar-refractivity contribution in [3.63, 3.8) is 0 Å². The number of nitrogens with zero attached hydrogens (tertiary/aromatic N) is 4. The molecule has 1 saturated carbocycles. The van der Waals surface area contributed by atoms with E-state index in [0.29, 0.717) is 41.4 Å². The van der Waals surface area contributed by atoms with Gasteiger partial charge in [0.1, 0.15) is 5.78 Å². The van der Waals surface area contributed by atoms with Crippen molar-refractivity contribution in [2.75, 3.05) is 43.0 Å². The Morgan fingerprint density at radius 1 is 1.16 bits per heavy atom. The number of aryl methyl sites for hydroxylation is 1. The van der Waals surface area contributed by atoms with Crippen molar-refractivity contribution in [2.45, 2.75) is 56.0 Å². The van der Waals surface area contributed by atoms with Crippen LogP contribution in [0, 0.1) is 12.8 Å². The lowest BCUT2D eigenvalue weighted by Gasteiger charge is -2.30. The highest BCUT2D eigenvalue weighted by Crippen LogP contribution is 2.38. The largest absolute Gasteiger partial charge is 0.487 e. The highest BCUT2D eigenvalue weighted by Gasteiger charge is 2.24. The number of hydrogen-bond acceptors (Lipinski definition) is 9. The van der Waals surface area contributed by atoms with Crippen LogP contribution in [0.1, 0.15) is 43.9 Å². The van der Waals surface area contributed by atoms with Gasteiger partial charge in [0.15, 0.2) is 22.6 Å². The maximum absolute atomic E-state index is 12.6. The van der Waals surface area contributed by atoms with E-state index in [-0.39, 0.29) is 5.92 Å². The van der Waals surface area contributed by atoms with E-state index in [9.17, 15) is 4.79 Å². The topological polar surface area (TPSA) is 108 Å². The van der Waals surface area contributed by atoms with Gasteiger partial charge in [-0.15, -0.1) is 0 Å². The van der Waals surface area contributed by atoms with Crippen LogP contribution in [-0.4, -0.2) is 58.7 Å². The third-order valence-corrected chi connectivity index (χ3v) is 7.68. The standard InChI is InChI=1S/C27H35N7O2S/c1-3-36-24-25(29-23-16-18(2)32-33-23)30-27(31-26(24)34-14-12-28-13-15-34)37-21-10-8-19(9-11-21)17-22(35)20-6-4-5-7-20/h8-11,16,20,28H,3-7,12-15,17H2,1-2H3,(H2,29,30,31,32,33). The summed E-state index contributed by atoms with van der Waals surface area (Å²) in [6.45, 7) is 7.88. The van der Waals surface area contributed by atoms with E-state index in [2.05, 4.69) is 37.9 Å². The number of benzene rings is 1. The molecule has 37 heavy (non-hydrogen) atoms. The molecule has 0 unspecified atom stereocenters. The fourth-order valence-electron chi connectivity index (χ4n) is 4.89. The zero-order valence-electron chi connectivity index (χ0n) is 21.5. The summed E-state index contributed by atoms with van der Waals surface area (Å²) in [5.74, 6) is 3.31. The lowest BCUT2D eigenvalue weighted by molar-refractivity contribution is -0.122. The first kappa shape index (κ1) is 25.5. The normalized spacial score (nSPS) is 16.2. The molecule has 0 radical (unpaired) electrons. The van der Waals surface area contributed by atoms with Crippen molar-refractivity contribution < 1.29 is 9.53 Å². The summed E-state index contributed by atoms with van der Waals surface area (Å²) >= 11 is 1.50. The first-order valence-corrected chi connectivity index (χ1v) is 14.0. The second kappa shape index (κ2) is 12.0. The summed E-state index contributed by atoms with van der Waals surface area (Å²) in [6.07, 6.45) is 4.97. The summed E-state index contributed by atoms with van der Waals surface area (Å²) < 4.78 is 6.07. The van der Waals surface area contributed by atoms with E-state index >= 15 is 0 Å². The van der Waals surface area contributed by atoms with E-state index in [4.69, 9.17) is 14.7 Å². The molecule has 1 saturated heterocycles. The van der Waals surface area contributed by atoms with Gasteiger partial charge in [-0.3, -0.25) is 9.89 Å². The van der Waals surface area contributed by atoms with Gasteiger partial charge >= 0.3 is 0 Å². The second-order valence-electron chi connectivity index (χ2n) is 9.61. The number of Topliss-reactive ketones (excluding diaryl/α,β-unsaturated/α-hetero) is 1. The van der Waals surface area contributed by atoms with Crippen molar-refractivity contribution in [3.8, 4) is 5.75 Å². The number of hydrogen-bond donors (Lipinski definition) is 3. The number of piperazine rings is 1. The van der Waals surface area contributed by atoms with Crippen LogP contribution in [0.4, 0.5) is 17.5 Å². The van der Waals surface area contributed by atoms with Crippen LogP contribution in [0.3, 0.4) is 0 Å². The lowest BCUT2D eigenvalue weighted by Crippen LogP contribution is -2.44. The Bertz CT molecular complexity index is 1200.